The third kappa shape index (κ3) is 8.56. The molecule has 0 aliphatic carbocycles. The van der Waals surface area contributed by atoms with Gasteiger partial charge in [0.2, 0.25) is 0 Å². The first-order chi connectivity index (χ1) is 24.6. The molecule has 5 aromatic carbocycles. The lowest BCUT2D eigenvalue weighted by Crippen LogP contribution is -2.49. The van der Waals surface area contributed by atoms with Gasteiger partial charge in [0, 0.05) is 63.4 Å². The fourth-order valence-electron chi connectivity index (χ4n) is 6.94. The fourth-order valence-corrected chi connectivity index (χ4v) is 6.94. The molecular weight excluding hydrogens is 622 g/mol. The average Bonchev–Trinajstić information content (AvgIpc) is 3.18. The number of aliphatic hydroxyl groups excluding tert-OH is 1. The number of carbonyl (C=O) groups excluding carboxylic acids is 1. The van der Waals surface area contributed by atoms with Gasteiger partial charge in [0.05, 0.1) is 18.8 Å². The minimum atomic E-state index is -0.509. The summed E-state index contributed by atoms with van der Waals surface area (Å²) in [5.74, 6) is -0.0912. The van der Waals surface area contributed by atoms with Crippen LogP contribution in [0.25, 0.3) is 11.1 Å². The van der Waals surface area contributed by atoms with Gasteiger partial charge < -0.3 is 19.9 Å². The summed E-state index contributed by atoms with van der Waals surface area (Å²) in [6, 6.07) is 44.6. The van der Waals surface area contributed by atoms with Crippen LogP contribution < -0.4 is 5.32 Å². The number of nitrogens with zero attached hydrogens (tertiary/aromatic N) is 2. The van der Waals surface area contributed by atoms with Crippen LogP contribution in [-0.4, -0.2) is 59.6 Å². The van der Waals surface area contributed by atoms with Gasteiger partial charge in [-0.2, -0.15) is 0 Å². The summed E-state index contributed by atoms with van der Waals surface area (Å²) in [5, 5.41) is 12.7. The molecule has 2 aliphatic heterocycles. The van der Waals surface area contributed by atoms with E-state index < -0.39 is 6.29 Å². The van der Waals surface area contributed by atoms with Crippen molar-refractivity contribution < 1.29 is 19.4 Å². The number of hydrogen-bond acceptors (Lipinski definition) is 6. The molecular formula is C43H45N3O4. The third-order valence-electron chi connectivity index (χ3n) is 9.78. The minimum absolute atomic E-state index is 0.00516. The molecule has 2 fully saturated rings. The molecule has 50 heavy (non-hydrogen) atoms. The van der Waals surface area contributed by atoms with E-state index in [-0.39, 0.29) is 24.7 Å². The Bertz CT molecular complexity index is 1810. The van der Waals surface area contributed by atoms with Gasteiger partial charge in [-0.05, 0) is 45.5 Å². The highest BCUT2D eigenvalue weighted by atomic mass is 16.7. The molecule has 1 amide bonds. The Kier molecular flexibility index (Phi) is 11.1. The van der Waals surface area contributed by atoms with E-state index >= 15 is 0 Å². The predicted octanol–water partition coefficient (Wildman–Crippen LogP) is 7.14. The Morgan fingerprint density at radius 3 is 2.04 bits per heavy atom. The summed E-state index contributed by atoms with van der Waals surface area (Å²) >= 11 is 0. The van der Waals surface area contributed by atoms with Crippen LogP contribution in [0.4, 0.5) is 0 Å². The van der Waals surface area contributed by atoms with Crippen molar-refractivity contribution in [2.75, 3.05) is 32.7 Å². The normalized spacial score (nSPS) is 20.0. The van der Waals surface area contributed by atoms with E-state index in [2.05, 4.69) is 94.0 Å². The molecule has 3 atom stereocenters. The van der Waals surface area contributed by atoms with Crippen molar-refractivity contribution in [1.82, 2.24) is 15.1 Å². The second-order valence-electron chi connectivity index (χ2n) is 13.2. The van der Waals surface area contributed by atoms with Gasteiger partial charge >= 0.3 is 0 Å². The Labute approximate surface area is 295 Å². The average molecular weight is 668 g/mol. The number of aliphatic hydroxyl groups is 1. The molecule has 2 N–H and O–H groups in total. The molecule has 7 heteroatoms. The Morgan fingerprint density at radius 2 is 1.32 bits per heavy atom. The highest BCUT2D eigenvalue weighted by Crippen LogP contribution is 2.39. The SMILES string of the molecule is O=C(NCc1ccccc1-c1ccc(C2OC(CN3CCN(Cc4ccccc4)CC3)CC(c3ccc(CO)cc3)O2)cc1)c1ccccc1. The van der Waals surface area contributed by atoms with Gasteiger partial charge in [-0.25, -0.2) is 0 Å². The van der Waals surface area contributed by atoms with Crippen LogP contribution in [0.1, 0.15) is 57.0 Å². The number of ether oxygens (including phenoxy) is 2. The van der Waals surface area contributed by atoms with Crippen LogP contribution in [0.5, 0.6) is 0 Å². The van der Waals surface area contributed by atoms with Crippen molar-refractivity contribution in [1.29, 1.82) is 0 Å². The van der Waals surface area contributed by atoms with E-state index in [1.807, 2.05) is 54.6 Å². The zero-order chi connectivity index (χ0) is 34.1. The van der Waals surface area contributed by atoms with Gasteiger partial charge in [0.1, 0.15) is 0 Å². The van der Waals surface area contributed by atoms with Crippen LogP contribution >= 0.6 is 0 Å². The summed E-state index contributed by atoms with van der Waals surface area (Å²) < 4.78 is 13.4. The smallest absolute Gasteiger partial charge is 0.251 e. The molecule has 256 valence electrons. The first-order valence-corrected chi connectivity index (χ1v) is 17.6. The van der Waals surface area contributed by atoms with Crippen molar-refractivity contribution in [3.63, 3.8) is 0 Å². The predicted molar refractivity (Wildman–Crippen MR) is 196 cm³/mol. The number of nitrogens with one attached hydrogen (secondary N) is 1. The zero-order valence-electron chi connectivity index (χ0n) is 28.4. The summed E-state index contributed by atoms with van der Waals surface area (Å²) in [6.07, 6.45) is 0.134. The van der Waals surface area contributed by atoms with Gasteiger partial charge in [-0.3, -0.25) is 14.6 Å². The molecule has 0 bridgehead atoms. The Morgan fingerprint density at radius 1 is 0.680 bits per heavy atom. The van der Waals surface area contributed by atoms with Crippen LogP contribution in [0.3, 0.4) is 0 Å². The Balaban J connectivity index is 1.03. The number of amides is 1. The molecule has 2 aliphatic rings. The lowest BCUT2D eigenvalue weighted by molar-refractivity contribution is -0.253. The highest BCUT2D eigenvalue weighted by Gasteiger charge is 2.34. The first-order valence-electron chi connectivity index (χ1n) is 17.6. The van der Waals surface area contributed by atoms with E-state index in [1.165, 1.54) is 5.56 Å². The molecule has 0 spiro atoms. The van der Waals surface area contributed by atoms with Crippen LogP contribution in [0.2, 0.25) is 0 Å². The molecule has 0 aromatic heterocycles. The second-order valence-corrected chi connectivity index (χ2v) is 13.2. The maximum Gasteiger partial charge on any atom is 0.251 e. The topological polar surface area (TPSA) is 74.3 Å². The minimum Gasteiger partial charge on any atom is -0.392 e. The molecule has 5 aromatic rings. The maximum absolute atomic E-state index is 12.7. The number of carbonyl (C=O) groups is 1. The monoisotopic (exact) mass is 667 g/mol. The second kappa shape index (κ2) is 16.4. The van der Waals surface area contributed by atoms with Gasteiger partial charge in [-0.1, -0.05) is 121 Å². The fraction of sp³-hybridized carbons (Fsp3) is 0.279. The van der Waals surface area contributed by atoms with E-state index in [4.69, 9.17) is 9.47 Å². The molecule has 7 rings (SSSR count). The third-order valence-corrected chi connectivity index (χ3v) is 9.78. The maximum atomic E-state index is 12.7. The summed E-state index contributed by atoms with van der Waals surface area (Å²) in [5.41, 5.74) is 8.14. The molecule has 0 saturated carbocycles. The highest BCUT2D eigenvalue weighted by molar-refractivity contribution is 5.94. The lowest BCUT2D eigenvalue weighted by Gasteiger charge is -2.40. The molecule has 2 saturated heterocycles. The van der Waals surface area contributed by atoms with E-state index in [9.17, 15) is 9.90 Å². The summed E-state index contributed by atoms with van der Waals surface area (Å²) in [7, 11) is 0. The van der Waals surface area contributed by atoms with Gasteiger partial charge in [-0.15, -0.1) is 0 Å². The van der Waals surface area contributed by atoms with Crippen LogP contribution in [0.15, 0.2) is 133 Å². The lowest BCUT2D eigenvalue weighted by atomic mass is 9.97. The van der Waals surface area contributed by atoms with Crippen molar-refractivity contribution in [2.45, 2.75) is 44.6 Å². The molecule has 7 nitrogen and oxygen atoms in total. The van der Waals surface area contributed by atoms with Crippen molar-refractivity contribution in [2.24, 2.45) is 0 Å². The van der Waals surface area contributed by atoms with Crippen LogP contribution in [0, 0.1) is 0 Å². The van der Waals surface area contributed by atoms with Crippen molar-refractivity contribution in [3.8, 4) is 11.1 Å². The zero-order valence-corrected chi connectivity index (χ0v) is 28.4. The van der Waals surface area contributed by atoms with E-state index in [0.717, 1.165) is 79.1 Å². The summed E-state index contributed by atoms with van der Waals surface area (Å²) in [4.78, 5) is 17.8. The van der Waals surface area contributed by atoms with Crippen molar-refractivity contribution >= 4 is 5.91 Å². The quantitative estimate of drug-likeness (QED) is 0.156. The van der Waals surface area contributed by atoms with E-state index in [0.29, 0.717) is 12.1 Å². The Hall–Kier alpha value is -4.63. The largest absolute Gasteiger partial charge is 0.392 e. The van der Waals surface area contributed by atoms with Crippen LogP contribution in [-0.2, 0) is 29.2 Å². The number of hydrogen-bond donors (Lipinski definition) is 2. The van der Waals surface area contributed by atoms with Gasteiger partial charge in [0.25, 0.3) is 5.91 Å². The standard InChI is InChI=1S/C43H45N3O4/c47-31-33-15-17-35(18-16-33)41-27-39(30-46-25-23-45(24-26-46)29-32-9-3-1-4-10-32)49-43(50-41)37-21-19-34(20-22-37)40-14-8-7-13-38(40)28-44-42(48)36-11-5-2-6-12-36/h1-22,39,41,43,47H,23-31H2,(H,44,48). The number of rotatable bonds is 11. The number of piperazine rings is 1. The van der Waals surface area contributed by atoms with Crippen molar-refractivity contribution in [3.05, 3.63) is 167 Å². The number of benzene rings is 5. The summed E-state index contributed by atoms with van der Waals surface area (Å²) in [6.45, 7) is 6.37. The molecule has 0 radical (unpaired) electrons. The first kappa shape index (κ1) is 33.8. The van der Waals surface area contributed by atoms with Gasteiger partial charge in [0.15, 0.2) is 6.29 Å². The molecule has 2 heterocycles. The van der Waals surface area contributed by atoms with E-state index in [1.54, 1.807) is 0 Å². The molecule has 3 unspecified atom stereocenters.